The number of nitrogens with two attached hydrogens (primary N) is 1. The highest BCUT2D eigenvalue weighted by molar-refractivity contribution is 5.82. The van der Waals surface area contributed by atoms with Crippen LogP contribution in [0.4, 0.5) is 11.5 Å². The predicted octanol–water partition coefficient (Wildman–Crippen LogP) is 0.254. The second kappa shape index (κ2) is 6.31. The minimum absolute atomic E-state index is 0.239. The summed E-state index contributed by atoms with van der Waals surface area (Å²) in [7, 11) is 0. The number of furan rings is 1. The molecule has 4 rings (SSSR count). The lowest BCUT2D eigenvalue weighted by atomic mass is 10.2. The van der Waals surface area contributed by atoms with E-state index in [1.165, 1.54) is 12.6 Å². The van der Waals surface area contributed by atoms with Gasteiger partial charge in [0.25, 0.3) is 0 Å². The minimum Gasteiger partial charge on any atom is -0.465 e. The number of nitrogens with one attached hydrogen (secondary N) is 1. The maximum absolute atomic E-state index is 9.91. The summed E-state index contributed by atoms with van der Waals surface area (Å²) in [4.78, 5) is 12.8. The van der Waals surface area contributed by atoms with Crippen molar-refractivity contribution in [1.82, 2.24) is 19.5 Å². The highest BCUT2D eigenvalue weighted by Crippen LogP contribution is 2.31. The summed E-state index contributed by atoms with van der Waals surface area (Å²) >= 11 is 0. The molecule has 5 N–H and O–H groups in total. The van der Waals surface area contributed by atoms with Gasteiger partial charge in [0, 0.05) is 6.42 Å². The van der Waals surface area contributed by atoms with E-state index in [1.54, 1.807) is 17.0 Å². The number of fused-ring (bicyclic) bond motifs is 1. The molecular formula is C15H18N6O4. The number of ether oxygens (including phenoxy) is 1. The van der Waals surface area contributed by atoms with E-state index < -0.39 is 18.4 Å². The Balaban J connectivity index is 1.59. The van der Waals surface area contributed by atoms with Gasteiger partial charge in [-0.15, -0.1) is 0 Å². The number of hydrogen-bond donors (Lipinski definition) is 4. The van der Waals surface area contributed by atoms with E-state index in [0.29, 0.717) is 41.4 Å². The van der Waals surface area contributed by atoms with E-state index in [1.807, 2.05) is 0 Å². The first-order valence-electron chi connectivity index (χ1n) is 7.85. The molecule has 4 heterocycles. The number of anilines is 2. The second-order valence-corrected chi connectivity index (χ2v) is 5.81. The molecule has 10 heteroatoms. The average molecular weight is 346 g/mol. The number of aliphatic hydroxyl groups excluding tert-OH is 2. The number of aliphatic hydroxyl groups is 2. The smallest absolute Gasteiger partial charge is 0.167 e. The van der Waals surface area contributed by atoms with E-state index in [9.17, 15) is 10.2 Å². The normalized spacial score (nSPS) is 23.4. The molecule has 3 aromatic rings. The molecule has 1 aliphatic rings. The van der Waals surface area contributed by atoms with Gasteiger partial charge in [-0.1, -0.05) is 0 Å². The van der Waals surface area contributed by atoms with Crippen LogP contribution in [0.15, 0.2) is 29.4 Å². The van der Waals surface area contributed by atoms with Gasteiger partial charge in [0.15, 0.2) is 17.0 Å². The quantitative estimate of drug-likeness (QED) is 0.511. The summed E-state index contributed by atoms with van der Waals surface area (Å²) in [6, 6.07) is 1.68. The summed E-state index contributed by atoms with van der Waals surface area (Å²) in [5.41, 5.74) is 7.50. The van der Waals surface area contributed by atoms with Gasteiger partial charge in [0.2, 0.25) is 0 Å². The number of nitrogen functional groups attached to an aromatic ring is 1. The van der Waals surface area contributed by atoms with Crippen molar-refractivity contribution < 1.29 is 19.4 Å². The Labute approximate surface area is 142 Å². The van der Waals surface area contributed by atoms with Crippen LogP contribution in [0, 0.1) is 0 Å². The third-order valence-corrected chi connectivity index (χ3v) is 4.25. The number of hydrogen-bond acceptors (Lipinski definition) is 9. The zero-order valence-electron chi connectivity index (χ0n) is 13.2. The molecule has 0 radical (unpaired) electrons. The van der Waals surface area contributed by atoms with Gasteiger partial charge in [-0.2, -0.15) is 0 Å². The largest absolute Gasteiger partial charge is 0.465 e. The minimum atomic E-state index is -0.728. The number of rotatable bonds is 5. The molecule has 3 atom stereocenters. The van der Waals surface area contributed by atoms with Crippen molar-refractivity contribution in [3.05, 3.63) is 30.7 Å². The van der Waals surface area contributed by atoms with Crippen molar-refractivity contribution in [3.8, 4) is 0 Å². The van der Waals surface area contributed by atoms with Crippen LogP contribution in [0.2, 0.25) is 0 Å². The summed E-state index contributed by atoms with van der Waals surface area (Å²) in [6.45, 7) is 0.125. The van der Waals surface area contributed by atoms with Crippen molar-refractivity contribution >= 4 is 22.7 Å². The van der Waals surface area contributed by atoms with Crippen molar-refractivity contribution in [1.29, 1.82) is 0 Å². The Morgan fingerprint density at radius 2 is 2.24 bits per heavy atom. The molecule has 0 aromatic carbocycles. The topological polar surface area (TPSA) is 144 Å². The first kappa shape index (κ1) is 15.8. The molecule has 3 aromatic heterocycles. The maximum Gasteiger partial charge on any atom is 0.167 e. The third-order valence-electron chi connectivity index (χ3n) is 4.25. The molecule has 1 aliphatic heterocycles. The van der Waals surface area contributed by atoms with Crippen molar-refractivity contribution in [2.75, 3.05) is 17.7 Å². The first-order valence-corrected chi connectivity index (χ1v) is 7.85. The summed E-state index contributed by atoms with van der Waals surface area (Å²) < 4.78 is 12.7. The molecule has 0 aliphatic carbocycles. The van der Waals surface area contributed by atoms with Crippen LogP contribution in [0.3, 0.4) is 0 Å². The van der Waals surface area contributed by atoms with Gasteiger partial charge in [0.1, 0.15) is 24.4 Å². The van der Waals surface area contributed by atoms with Crippen LogP contribution >= 0.6 is 0 Å². The lowest BCUT2D eigenvalue weighted by Crippen LogP contribution is -2.24. The molecular weight excluding hydrogens is 328 g/mol. The molecule has 0 bridgehead atoms. The summed E-state index contributed by atoms with van der Waals surface area (Å²) in [5, 5.41) is 22.3. The van der Waals surface area contributed by atoms with E-state index in [0.717, 1.165) is 0 Å². The number of aromatic nitrogens is 4. The molecule has 132 valence electrons. The van der Waals surface area contributed by atoms with E-state index in [4.69, 9.17) is 14.9 Å². The van der Waals surface area contributed by atoms with Gasteiger partial charge in [-0.3, -0.25) is 4.57 Å². The van der Waals surface area contributed by atoms with E-state index >= 15 is 0 Å². The standard InChI is InChI=1S/C15H18N6O4/c16-8-1-2-24-10(8)4-17-14-13-15(19-6-18-14)21(7-20-13)12-3-9(23)11(5-22)25-12/h1-2,6-7,9,11-12,22-23H,3-5,16H2,(H,17,18,19)/t9-,11+,12?/m0/s1. The molecule has 1 unspecified atom stereocenters. The molecule has 25 heavy (non-hydrogen) atoms. The zero-order valence-corrected chi connectivity index (χ0v) is 13.2. The molecule has 0 amide bonds. The first-order chi connectivity index (χ1) is 12.2. The van der Waals surface area contributed by atoms with Gasteiger partial charge in [0.05, 0.1) is 37.5 Å². The highest BCUT2D eigenvalue weighted by Gasteiger charge is 2.35. The second-order valence-electron chi connectivity index (χ2n) is 5.81. The Kier molecular flexibility index (Phi) is 3.99. The Morgan fingerprint density at radius 1 is 1.36 bits per heavy atom. The highest BCUT2D eigenvalue weighted by atomic mass is 16.5. The van der Waals surface area contributed by atoms with E-state index in [2.05, 4.69) is 20.3 Å². The predicted molar refractivity (Wildman–Crippen MR) is 87.4 cm³/mol. The third kappa shape index (κ3) is 2.80. The van der Waals surface area contributed by atoms with Crippen LogP contribution in [-0.4, -0.2) is 48.5 Å². The van der Waals surface area contributed by atoms with Gasteiger partial charge in [-0.05, 0) is 6.07 Å². The van der Waals surface area contributed by atoms with Crippen LogP contribution in [0.1, 0.15) is 18.4 Å². The molecule has 10 nitrogen and oxygen atoms in total. The SMILES string of the molecule is Nc1ccoc1CNc1ncnc2c1ncn2C1C[C@H](O)[C@@H](CO)O1. The van der Waals surface area contributed by atoms with Gasteiger partial charge >= 0.3 is 0 Å². The van der Waals surface area contributed by atoms with Gasteiger partial charge < -0.3 is 30.4 Å². The molecule has 1 fully saturated rings. The van der Waals surface area contributed by atoms with Crippen LogP contribution in [0.25, 0.3) is 11.2 Å². The van der Waals surface area contributed by atoms with Crippen LogP contribution in [-0.2, 0) is 11.3 Å². The summed E-state index contributed by atoms with van der Waals surface area (Å²) in [5.74, 6) is 1.15. The van der Waals surface area contributed by atoms with Crippen molar-refractivity contribution in [2.45, 2.75) is 31.4 Å². The molecule has 0 saturated carbocycles. The fraction of sp³-hybridized carbons (Fsp3) is 0.400. The number of nitrogens with zero attached hydrogens (tertiary/aromatic N) is 4. The zero-order chi connectivity index (χ0) is 17.4. The number of imidazole rings is 1. The molecule has 1 saturated heterocycles. The fourth-order valence-electron chi connectivity index (χ4n) is 2.90. The average Bonchev–Trinajstić information content (AvgIpc) is 3.31. The Bertz CT molecular complexity index is 878. The van der Waals surface area contributed by atoms with E-state index in [-0.39, 0.29) is 6.61 Å². The lowest BCUT2D eigenvalue weighted by Gasteiger charge is -2.13. The lowest BCUT2D eigenvalue weighted by molar-refractivity contribution is -0.0432. The van der Waals surface area contributed by atoms with Crippen LogP contribution in [0.5, 0.6) is 0 Å². The summed E-state index contributed by atoms with van der Waals surface area (Å²) in [6.07, 6.45) is 3.11. The van der Waals surface area contributed by atoms with Crippen molar-refractivity contribution in [3.63, 3.8) is 0 Å². The monoisotopic (exact) mass is 346 g/mol. The maximum atomic E-state index is 9.91. The fourth-order valence-corrected chi connectivity index (χ4v) is 2.90. The van der Waals surface area contributed by atoms with Gasteiger partial charge in [-0.25, -0.2) is 15.0 Å². The Morgan fingerprint density at radius 3 is 2.96 bits per heavy atom. The molecule has 0 spiro atoms. The van der Waals surface area contributed by atoms with Crippen molar-refractivity contribution in [2.24, 2.45) is 0 Å². The Hall–Kier alpha value is -2.69. The van der Waals surface area contributed by atoms with Crippen LogP contribution < -0.4 is 11.1 Å².